The summed E-state index contributed by atoms with van der Waals surface area (Å²) in [7, 11) is -2.99. The summed E-state index contributed by atoms with van der Waals surface area (Å²) in [6.45, 7) is 0.894. The molecule has 3 fully saturated rings. The average molecular weight is 586 g/mol. The molecular formula is C32H32FN5O3S. The molecule has 1 saturated heterocycles. The number of carbonyl (C=O) groups is 1. The lowest BCUT2D eigenvalue weighted by molar-refractivity contribution is -0.125. The molecule has 216 valence electrons. The molecule has 3 aromatic rings. The van der Waals surface area contributed by atoms with Crippen LogP contribution in [0.1, 0.15) is 62.1 Å². The molecule has 1 aliphatic heterocycles. The van der Waals surface area contributed by atoms with Gasteiger partial charge in [-0.3, -0.25) is 4.79 Å². The summed E-state index contributed by atoms with van der Waals surface area (Å²) in [5.74, 6) is -0.508. The van der Waals surface area contributed by atoms with Crippen molar-refractivity contribution in [2.75, 3.05) is 29.5 Å². The Morgan fingerprint density at radius 3 is 2.43 bits per heavy atom. The number of aromatic nitrogens is 2. The van der Waals surface area contributed by atoms with Crippen LogP contribution in [0, 0.1) is 39.8 Å². The number of Topliss-reactive ketones (excluding diaryl/α,β-unsaturated/α-hetero) is 1. The number of hydrogen-bond donors (Lipinski definition) is 0. The monoisotopic (exact) mass is 585 g/mol. The van der Waals surface area contributed by atoms with Crippen molar-refractivity contribution in [3.8, 4) is 29.0 Å². The van der Waals surface area contributed by atoms with Crippen LogP contribution >= 0.6 is 0 Å². The van der Waals surface area contributed by atoms with Crippen LogP contribution < -0.4 is 4.90 Å². The Hall–Kier alpha value is -4.02. The van der Waals surface area contributed by atoms with Crippen LogP contribution in [0.25, 0.3) is 16.8 Å². The highest BCUT2D eigenvalue weighted by atomic mass is 32.2. The van der Waals surface area contributed by atoms with E-state index in [1.807, 2.05) is 30.5 Å². The van der Waals surface area contributed by atoms with Gasteiger partial charge in [0.1, 0.15) is 17.7 Å². The number of nitrogens with zero attached hydrogens (tertiary/aromatic N) is 5. The molecule has 3 aliphatic rings. The normalized spacial score (nSPS) is 22.6. The molecule has 0 N–H and O–H groups in total. The molecule has 2 aliphatic carbocycles. The Morgan fingerprint density at radius 2 is 1.76 bits per heavy atom. The van der Waals surface area contributed by atoms with Crippen LogP contribution in [0.3, 0.4) is 0 Å². The van der Waals surface area contributed by atoms with Gasteiger partial charge in [-0.1, -0.05) is 25.0 Å². The number of benzene rings is 2. The van der Waals surface area contributed by atoms with Crippen molar-refractivity contribution in [2.45, 2.75) is 50.9 Å². The molecule has 10 heteroatoms. The lowest BCUT2D eigenvalue weighted by Crippen LogP contribution is -2.40. The Bertz CT molecular complexity index is 1700. The maximum atomic E-state index is 14.0. The summed E-state index contributed by atoms with van der Waals surface area (Å²) in [5, 5.41) is 24.3. The molecular weight excluding hydrogens is 553 g/mol. The van der Waals surface area contributed by atoms with E-state index in [1.54, 1.807) is 4.68 Å². The first-order chi connectivity index (χ1) is 20.2. The minimum Gasteiger partial charge on any atom is -0.369 e. The highest BCUT2D eigenvalue weighted by Crippen LogP contribution is 2.51. The van der Waals surface area contributed by atoms with Gasteiger partial charge in [0, 0.05) is 48.8 Å². The van der Waals surface area contributed by atoms with Gasteiger partial charge >= 0.3 is 0 Å². The largest absolute Gasteiger partial charge is 0.369 e. The Morgan fingerprint density at radius 1 is 1.05 bits per heavy atom. The van der Waals surface area contributed by atoms with Crippen molar-refractivity contribution in [3.63, 3.8) is 0 Å². The van der Waals surface area contributed by atoms with Crippen LogP contribution in [0.4, 0.5) is 10.1 Å². The van der Waals surface area contributed by atoms with Crippen LogP contribution in [0.15, 0.2) is 48.7 Å². The van der Waals surface area contributed by atoms with Crippen molar-refractivity contribution in [3.05, 3.63) is 65.7 Å². The van der Waals surface area contributed by atoms with Gasteiger partial charge in [0.15, 0.2) is 9.84 Å². The predicted molar refractivity (Wildman–Crippen MR) is 156 cm³/mol. The Balaban J connectivity index is 1.38. The van der Waals surface area contributed by atoms with Crippen molar-refractivity contribution in [2.24, 2.45) is 11.3 Å². The average Bonchev–Trinajstić information content (AvgIpc) is 3.64. The molecule has 6 rings (SSSR count). The van der Waals surface area contributed by atoms with Crippen molar-refractivity contribution in [1.29, 1.82) is 10.5 Å². The van der Waals surface area contributed by atoms with E-state index in [9.17, 15) is 28.1 Å². The van der Waals surface area contributed by atoms with Gasteiger partial charge in [-0.25, -0.2) is 17.5 Å². The molecule has 0 radical (unpaired) electrons. The van der Waals surface area contributed by atoms with Gasteiger partial charge in [-0.05, 0) is 61.6 Å². The molecule has 0 amide bonds. The first-order valence-corrected chi connectivity index (χ1v) is 16.3. The van der Waals surface area contributed by atoms with Crippen LogP contribution in [-0.4, -0.2) is 48.6 Å². The Labute approximate surface area is 245 Å². The van der Waals surface area contributed by atoms with E-state index in [2.05, 4.69) is 17.0 Å². The summed E-state index contributed by atoms with van der Waals surface area (Å²) >= 11 is 0. The predicted octanol–water partition coefficient (Wildman–Crippen LogP) is 5.32. The van der Waals surface area contributed by atoms with Gasteiger partial charge in [-0.2, -0.15) is 15.6 Å². The summed E-state index contributed by atoms with van der Waals surface area (Å²) < 4.78 is 39.4. The zero-order valence-corrected chi connectivity index (χ0v) is 24.1. The lowest BCUT2D eigenvalue weighted by Gasteiger charge is -2.31. The van der Waals surface area contributed by atoms with Crippen molar-refractivity contribution >= 4 is 21.3 Å². The van der Waals surface area contributed by atoms with Crippen molar-refractivity contribution < 1.29 is 17.6 Å². The molecule has 8 nitrogen and oxygen atoms in total. The van der Waals surface area contributed by atoms with E-state index in [0.717, 1.165) is 61.0 Å². The van der Waals surface area contributed by atoms with Crippen molar-refractivity contribution in [1.82, 2.24) is 9.78 Å². The van der Waals surface area contributed by atoms with Crippen LogP contribution in [-0.2, 0) is 14.6 Å². The first kappa shape index (κ1) is 28.1. The maximum Gasteiger partial charge on any atom is 0.153 e. The molecule has 2 atom stereocenters. The van der Waals surface area contributed by atoms with E-state index in [0.29, 0.717) is 18.8 Å². The highest BCUT2D eigenvalue weighted by Gasteiger charge is 2.47. The summed E-state index contributed by atoms with van der Waals surface area (Å²) in [6.07, 6.45) is 7.09. The second-order valence-corrected chi connectivity index (χ2v) is 14.2. The molecule has 2 saturated carbocycles. The third kappa shape index (κ3) is 5.56. The highest BCUT2D eigenvalue weighted by molar-refractivity contribution is 7.91. The van der Waals surface area contributed by atoms with Crippen LogP contribution in [0.5, 0.6) is 0 Å². The SMILES string of the molecule is N#Cc1cc(F)ccc1-n1cc(-c2ccc(N3CCS(=O)(=O)CC3)cc2)c([C@@H]2CCCC[C@H]2C(=O)CC2(C#N)CC2)n1. The Kier molecular flexibility index (Phi) is 7.36. The number of halogens is 1. The molecule has 0 spiro atoms. The van der Waals surface area contributed by atoms with Gasteiger partial charge in [0.2, 0.25) is 0 Å². The van der Waals surface area contributed by atoms with E-state index in [4.69, 9.17) is 5.10 Å². The smallest absolute Gasteiger partial charge is 0.153 e. The van der Waals surface area contributed by atoms with E-state index in [-0.39, 0.29) is 41.1 Å². The van der Waals surface area contributed by atoms with Crippen LogP contribution in [0.2, 0.25) is 0 Å². The third-order valence-corrected chi connectivity index (χ3v) is 10.7. The third-order valence-electron chi connectivity index (χ3n) is 9.09. The molecule has 2 aromatic carbocycles. The number of rotatable bonds is 7. The molecule has 0 bridgehead atoms. The van der Waals surface area contributed by atoms with Gasteiger partial charge in [-0.15, -0.1) is 0 Å². The van der Waals surface area contributed by atoms with E-state index in [1.165, 1.54) is 18.2 Å². The first-order valence-electron chi connectivity index (χ1n) is 14.5. The second-order valence-electron chi connectivity index (χ2n) is 11.9. The number of nitriles is 2. The van der Waals surface area contributed by atoms with Gasteiger partial charge in [0.05, 0.1) is 39.9 Å². The molecule has 42 heavy (non-hydrogen) atoms. The lowest BCUT2D eigenvalue weighted by atomic mass is 9.72. The molecule has 0 unspecified atom stereocenters. The minimum absolute atomic E-state index is 0.120. The molecule has 2 heterocycles. The zero-order valence-electron chi connectivity index (χ0n) is 23.3. The summed E-state index contributed by atoms with van der Waals surface area (Å²) in [4.78, 5) is 15.7. The number of ketones is 1. The van der Waals surface area contributed by atoms with E-state index < -0.39 is 21.1 Å². The van der Waals surface area contributed by atoms with Gasteiger partial charge in [0.25, 0.3) is 0 Å². The standard InChI is InChI=1S/C32H32FN5O3S/c33-24-7-10-29(23(17-24)19-34)38-20-28(22-5-8-25(9-6-22)37-13-15-42(40,41)16-14-37)31(36-38)27-4-2-1-3-26(27)30(39)18-32(21-35)11-12-32/h5-10,17,20,26-27H,1-4,11-16,18H2/t26-,27-/m1/s1. The fourth-order valence-electron chi connectivity index (χ4n) is 6.41. The number of carbonyl (C=O) groups excluding carboxylic acids is 1. The second kappa shape index (κ2) is 11.0. The van der Waals surface area contributed by atoms with Gasteiger partial charge < -0.3 is 4.90 Å². The summed E-state index contributed by atoms with van der Waals surface area (Å²) in [6, 6.07) is 16.3. The zero-order chi connectivity index (χ0) is 29.5. The molecule has 1 aromatic heterocycles. The minimum atomic E-state index is -2.99. The number of anilines is 1. The fraction of sp³-hybridized carbons (Fsp3) is 0.438. The number of sulfone groups is 1. The van der Waals surface area contributed by atoms with E-state index >= 15 is 0 Å². The summed E-state index contributed by atoms with van der Waals surface area (Å²) in [5.41, 5.74) is 3.52. The quantitative estimate of drug-likeness (QED) is 0.368. The maximum absolute atomic E-state index is 14.0. The number of hydrogen-bond acceptors (Lipinski definition) is 7. The fourth-order valence-corrected chi connectivity index (χ4v) is 7.62. The topological polar surface area (TPSA) is 120 Å².